The molecule has 0 bridgehead atoms. The molecular formula is C14H24O. The summed E-state index contributed by atoms with van der Waals surface area (Å²) in [6.45, 7) is 4.15. The van der Waals surface area contributed by atoms with Gasteiger partial charge in [0.2, 0.25) is 0 Å². The average molecular weight is 208 g/mol. The quantitative estimate of drug-likeness (QED) is 0.667. The molecule has 0 aromatic rings. The molecule has 1 nitrogen and oxygen atoms in total. The van der Waals surface area contributed by atoms with Crippen molar-refractivity contribution in [1.29, 1.82) is 0 Å². The zero-order valence-electron chi connectivity index (χ0n) is 10.3. The first-order chi connectivity index (χ1) is 7.17. The van der Waals surface area contributed by atoms with Crippen LogP contribution in [0, 0.1) is 10.8 Å². The Morgan fingerprint density at radius 1 is 1.00 bits per heavy atom. The maximum absolute atomic E-state index is 12.1. The summed E-state index contributed by atoms with van der Waals surface area (Å²) in [7, 11) is 0. The Hall–Kier alpha value is -0.330. The van der Waals surface area contributed by atoms with Crippen LogP contribution in [0.25, 0.3) is 0 Å². The Kier molecular flexibility index (Phi) is 2.92. The molecule has 86 valence electrons. The maximum Gasteiger partial charge on any atom is 0.136 e. The lowest BCUT2D eigenvalue weighted by Crippen LogP contribution is -2.50. The van der Waals surface area contributed by atoms with E-state index in [1.807, 2.05) is 6.92 Å². The minimum Gasteiger partial charge on any atom is -0.299 e. The molecule has 0 spiro atoms. The van der Waals surface area contributed by atoms with Crippen LogP contribution in [0.1, 0.15) is 71.6 Å². The molecule has 0 amide bonds. The highest BCUT2D eigenvalue weighted by Gasteiger charge is 2.54. The van der Waals surface area contributed by atoms with E-state index in [0.29, 0.717) is 11.2 Å². The van der Waals surface area contributed by atoms with Crippen LogP contribution < -0.4 is 0 Å². The number of hydrogen-bond acceptors (Lipinski definition) is 1. The second-order valence-corrected chi connectivity index (χ2v) is 5.69. The zero-order valence-corrected chi connectivity index (χ0v) is 10.3. The third-order valence-corrected chi connectivity index (χ3v) is 5.38. The normalized spacial score (nSPS) is 40.9. The summed E-state index contributed by atoms with van der Waals surface area (Å²) < 4.78 is 0. The first kappa shape index (κ1) is 11.2. The van der Waals surface area contributed by atoms with Crippen LogP contribution in [0.3, 0.4) is 0 Å². The number of Topliss-reactive ketones (excluding diaryl/α,β-unsaturated/α-hetero) is 1. The molecule has 2 rings (SSSR count). The van der Waals surface area contributed by atoms with Crippen LogP contribution in [0.5, 0.6) is 0 Å². The first-order valence-corrected chi connectivity index (χ1v) is 6.68. The standard InChI is InChI=1S/C14H24O/c1-3-13-8-4-6-10-14(13,12(2)15)11-7-5-9-13/h3-11H2,1-2H3. The SMILES string of the molecule is CCC12CCCCC1(C(C)=O)CCCC2. The predicted molar refractivity (Wildman–Crippen MR) is 62.8 cm³/mol. The van der Waals surface area contributed by atoms with E-state index in [0.717, 1.165) is 0 Å². The highest BCUT2D eigenvalue weighted by atomic mass is 16.1. The number of rotatable bonds is 2. The number of hydrogen-bond donors (Lipinski definition) is 0. The van der Waals surface area contributed by atoms with Crippen molar-refractivity contribution >= 4 is 5.78 Å². The lowest BCUT2D eigenvalue weighted by atomic mass is 9.48. The van der Waals surface area contributed by atoms with Crippen molar-refractivity contribution < 1.29 is 4.79 Å². The molecule has 0 atom stereocenters. The van der Waals surface area contributed by atoms with Crippen LogP contribution in [0.4, 0.5) is 0 Å². The molecule has 2 fully saturated rings. The predicted octanol–water partition coefficient (Wildman–Crippen LogP) is 4.11. The van der Waals surface area contributed by atoms with E-state index in [9.17, 15) is 4.79 Å². The van der Waals surface area contributed by atoms with E-state index in [1.165, 1.54) is 57.8 Å². The van der Waals surface area contributed by atoms with E-state index in [4.69, 9.17) is 0 Å². The topological polar surface area (TPSA) is 17.1 Å². The minimum atomic E-state index is 0.0816. The van der Waals surface area contributed by atoms with Gasteiger partial charge in [-0.1, -0.05) is 32.6 Å². The fraction of sp³-hybridized carbons (Fsp3) is 0.929. The minimum absolute atomic E-state index is 0.0816. The van der Waals surface area contributed by atoms with E-state index < -0.39 is 0 Å². The van der Waals surface area contributed by atoms with E-state index in [1.54, 1.807) is 0 Å². The average Bonchev–Trinajstić information content (AvgIpc) is 2.28. The van der Waals surface area contributed by atoms with Gasteiger partial charge in [0.05, 0.1) is 0 Å². The second-order valence-electron chi connectivity index (χ2n) is 5.69. The van der Waals surface area contributed by atoms with Gasteiger partial charge in [-0.2, -0.15) is 0 Å². The zero-order chi connectivity index (χ0) is 10.9. The maximum atomic E-state index is 12.1. The number of ketones is 1. The Morgan fingerprint density at radius 2 is 1.47 bits per heavy atom. The summed E-state index contributed by atoms with van der Waals surface area (Å²) in [4.78, 5) is 12.1. The number of carbonyl (C=O) groups excluding carboxylic acids is 1. The van der Waals surface area contributed by atoms with Gasteiger partial charge >= 0.3 is 0 Å². The summed E-state index contributed by atoms with van der Waals surface area (Å²) in [5.41, 5.74) is 0.466. The van der Waals surface area contributed by atoms with Gasteiger partial charge in [-0.05, 0) is 44.4 Å². The molecule has 0 heterocycles. The van der Waals surface area contributed by atoms with Gasteiger partial charge in [-0.3, -0.25) is 4.79 Å². The van der Waals surface area contributed by atoms with E-state index in [-0.39, 0.29) is 5.41 Å². The van der Waals surface area contributed by atoms with Crippen molar-refractivity contribution in [3.8, 4) is 0 Å². The molecule has 0 unspecified atom stereocenters. The van der Waals surface area contributed by atoms with Gasteiger partial charge in [-0.25, -0.2) is 0 Å². The number of fused-ring (bicyclic) bond motifs is 1. The van der Waals surface area contributed by atoms with Gasteiger partial charge in [0.25, 0.3) is 0 Å². The van der Waals surface area contributed by atoms with Crippen molar-refractivity contribution in [1.82, 2.24) is 0 Å². The molecule has 1 heteroatoms. The molecule has 0 aromatic heterocycles. The summed E-state index contributed by atoms with van der Waals surface area (Å²) in [6, 6.07) is 0. The van der Waals surface area contributed by atoms with E-state index >= 15 is 0 Å². The van der Waals surface area contributed by atoms with Crippen molar-refractivity contribution in [2.24, 2.45) is 10.8 Å². The summed E-state index contributed by atoms with van der Waals surface area (Å²) in [6.07, 6.45) is 11.4. The van der Waals surface area contributed by atoms with Gasteiger partial charge in [0, 0.05) is 5.41 Å². The van der Waals surface area contributed by atoms with Crippen LogP contribution in [-0.2, 0) is 4.79 Å². The molecule has 0 aliphatic heterocycles. The molecule has 2 aliphatic carbocycles. The smallest absolute Gasteiger partial charge is 0.136 e. The van der Waals surface area contributed by atoms with Crippen LogP contribution in [-0.4, -0.2) is 5.78 Å². The summed E-state index contributed by atoms with van der Waals surface area (Å²) in [5.74, 6) is 0.490. The highest BCUT2D eigenvalue weighted by molar-refractivity contribution is 5.83. The summed E-state index contributed by atoms with van der Waals surface area (Å²) in [5, 5.41) is 0. The molecule has 15 heavy (non-hydrogen) atoms. The molecule has 0 saturated heterocycles. The Morgan fingerprint density at radius 3 is 1.80 bits per heavy atom. The van der Waals surface area contributed by atoms with Gasteiger partial charge in [0.1, 0.15) is 5.78 Å². The van der Waals surface area contributed by atoms with Crippen molar-refractivity contribution in [3.05, 3.63) is 0 Å². The van der Waals surface area contributed by atoms with E-state index in [2.05, 4.69) is 6.92 Å². The molecule has 2 saturated carbocycles. The third-order valence-electron chi connectivity index (χ3n) is 5.38. The highest BCUT2D eigenvalue weighted by Crippen LogP contribution is 2.61. The van der Waals surface area contributed by atoms with Gasteiger partial charge < -0.3 is 0 Å². The van der Waals surface area contributed by atoms with Gasteiger partial charge in [-0.15, -0.1) is 0 Å². The Balaban J connectivity index is 2.37. The van der Waals surface area contributed by atoms with Gasteiger partial charge in [0.15, 0.2) is 0 Å². The Bertz CT molecular complexity index is 242. The first-order valence-electron chi connectivity index (χ1n) is 6.68. The fourth-order valence-electron chi connectivity index (χ4n) is 4.46. The van der Waals surface area contributed by atoms with Crippen molar-refractivity contribution in [3.63, 3.8) is 0 Å². The summed E-state index contributed by atoms with van der Waals surface area (Å²) >= 11 is 0. The molecule has 0 radical (unpaired) electrons. The van der Waals surface area contributed by atoms with Crippen LogP contribution in [0.15, 0.2) is 0 Å². The van der Waals surface area contributed by atoms with Crippen molar-refractivity contribution in [2.75, 3.05) is 0 Å². The lowest BCUT2D eigenvalue weighted by molar-refractivity contribution is -0.146. The molecule has 0 aromatic carbocycles. The second kappa shape index (κ2) is 3.92. The van der Waals surface area contributed by atoms with Crippen molar-refractivity contribution in [2.45, 2.75) is 71.6 Å². The monoisotopic (exact) mass is 208 g/mol. The fourth-order valence-corrected chi connectivity index (χ4v) is 4.46. The molecular weight excluding hydrogens is 184 g/mol. The number of carbonyl (C=O) groups is 1. The largest absolute Gasteiger partial charge is 0.299 e. The van der Waals surface area contributed by atoms with Crippen LogP contribution >= 0.6 is 0 Å². The van der Waals surface area contributed by atoms with Crippen LogP contribution in [0.2, 0.25) is 0 Å². The molecule has 2 aliphatic rings. The Labute approximate surface area is 93.6 Å². The molecule has 0 N–H and O–H groups in total. The third kappa shape index (κ3) is 1.46. The lowest BCUT2D eigenvalue weighted by Gasteiger charge is -2.55.